The van der Waals surface area contributed by atoms with Crippen LogP contribution in [0.2, 0.25) is 0 Å². The van der Waals surface area contributed by atoms with Crippen molar-refractivity contribution in [1.29, 1.82) is 0 Å². The van der Waals surface area contributed by atoms with Gasteiger partial charge in [0.2, 0.25) is 0 Å². The predicted molar refractivity (Wildman–Crippen MR) is 61.6 cm³/mol. The van der Waals surface area contributed by atoms with Crippen LogP contribution in [-0.2, 0) is 17.6 Å². The van der Waals surface area contributed by atoms with Gasteiger partial charge in [0.05, 0.1) is 12.1 Å². The Kier molecular flexibility index (Phi) is 3.88. The number of oxazole rings is 1. The monoisotopic (exact) mass is 241 g/mol. The lowest BCUT2D eigenvalue weighted by Gasteiger charge is -2.19. The fourth-order valence-electron chi connectivity index (χ4n) is 1.89. The molecule has 0 bridgehead atoms. The Balaban J connectivity index is 1.88. The van der Waals surface area contributed by atoms with E-state index in [0.29, 0.717) is 17.5 Å². The molecular formula is C11H15NO3S. The first-order chi connectivity index (χ1) is 7.74. The lowest BCUT2D eigenvalue weighted by Crippen LogP contribution is -2.13. The first kappa shape index (κ1) is 11.5. The van der Waals surface area contributed by atoms with Gasteiger partial charge in [-0.15, -0.1) is 0 Å². The molecule has 2 heterocycles. The Hall–Kier alpha value is -0.970. The quantitative estimate of drug-likeness (QED) is 0.873. The molecule has 16 heavy (non-hydrogen) atoms. The second-order valence-corrected chi connectivity index (χ2v) is 5.24. The topological polar surface area (TPSA) is 63.3 Å². The molecule has 1 aromatic heterocycles. The van der Waals surface area contributed by atoms with Crippen LogP contribution < -0.4 is 0 Å². The number of carbonyl (C=O) groups is 1. The van der Waals surface area contributed by atoms with Crippen LogP contribution in [0.15, 0.2) is 10.7 Å². The van der Waals surface area contributed by atoms with Gasteiger partial charge in [-0.05, 0) is 30.3 Å². The molecule has 5 heteroatoms. The molecule has 1 aliphatic heterocycles. The van der Waals surface area contributed by atoms with Crippen molar-refractivity contribution < 1.29 is 14.3 Å². The van der Waals surface area contributed by atoms with E-state index in [1.54, 1.807) is 0 Å². The van der Waals surface area contributed by atoms with Crippen molar-refractivity contribution in [3.63, 3.8) is 0 Å². The Morgan fingerprint density at radius 3 is 3.25 bits per heavy atom. The summed E-state index contributed by atoms with van der Waals surface area (Å²) in [7, 11) is 0. The van der Waals surface area contributed by atoms with Crippen molar-refractivity contribution in [2.75, 3.05) is 11.5 Å². The molecule has 1 N–H and O–H groups in total. The number of carboxylic acids is 1. The molecule has 1 unspecified atom stereocenters. The zero-order valence-electron chi connectivity index (χ0n) is 9.02. The van der Waals surface area contributed by atoms with Crippen LogP contribution in [-0.4, -0.2) is 27.6 Å². The Bertz CT molecular complexity index is 358. The van der Waals surface area contributed by atoms with Gasteiger partial charge in [-0.2, -0.15) is 11.8 Å². The number of hydrogen-bond donors (Lipinski definition) is 1. The van der Waals surface area contributed by atoms with E-state index in [4.69, 9.17) is 9.52 Å². The van der Waals surface area contributed by atoms with Crippen molar-refractivity contribution in [1.82, 2.24) is 4.98 Å². The smallest absolute Gasteiger partial charge is 0.309 e. The maximum Gasteiger partial charge on any atom is 0.309 e. The molecule has 1 fully saturated rings. The number of nitrogens with zero attached hydrogens (tertiary/aromatic N) is 1. The summed E-state index contributed by atoms with van der Waals surface area (Å²) in [5.41, 5.74) is 0.519. The van der Waals surface area contributed by atoms with Crippen molar-refractivity contribution >= 4 is 17.7 Å². The van der Waals surface area contributed by atoms with E-state index >= 15 is 0 Å². The third-order valence-electron chi connectivity index (χ3n) is 2.65. The fourth-order valence-corrected chi connectivity index (χ4v) is 3.05. The van der Waals surface area contributed by atoms with Crippen LogP contribution in [0.4, 0.5) is 0 Å². The number of rotatable bonds is 4. The molecule has 1 aromatic rings. The third-order valence-corrected chi connectivity index (χ3v) is 3.93. The standard InChI is InChI=1S/C11H15NO3S/c13-11(14)5-9-6-15-10(12-9)4-8-2-1-3-16-7-8/h6,8H,1-5,7H2,(H,13,14). The molecule has 0 amide bonds. The van der Waals surface area contributed by atoms with Crippen LogP contribution in [0, 0.1) is 5.92 Å². The van der Waals surface area contributed by atoms with E-state index in [1.807, 2.05) is 11.8 Å². The minimum atomic E-state index is -0.868. The normalized spacial score (nSPS) is 20.9. The number of aliphatic carboxylic acids is 1. The Morgan fingerprint density at radius 2 is 2.56 bits per heavy atom. The van der Waals surface area contributed by atoms with E-state index in [9.17, 15) is 4.79 Å². The molecule has 1 saturated heterocycles. The summed E-state index contributed by atoms with van der Waals surface area (Å²) in [6.07, 6.45) is 4.73. The van der Waals surface area contributed by atoms with Crippen molar-refractivity contribution in [2.45, 2.75) is 25.7 Å². The zero-order chi connectivity index (χ0) is 11.4. The Morgan fingerprint density at radius 1 is 1.69 bits per heavy atom. The van der Waals surface area contributed by atoms with Crippen molar-refractivity contribution in [2.24, 2.45) is 5.92 Å². The van der Waals surface area contributed by atoms with Crippen molar-refractivity contribution in [3.05, 3.63) is 17.8 Å². The number of thioether (sulfide) groups is 1. The molecule has 0 spiro atoms. The average Bonchev–Trinajstić information content (AvgIpc) is 2.66. The molecule has 0 saturated carbocycles. The van der Waals surface area contributed by atoms with Crippen molar-refractivity contribution in [3.8, 4) is 0 Å². The fraction of sp³-hybridized carbons (Fsp3) is 0.636. The van der Waals surface area contributed by atoms with Gasteiger partial charge >= 0.3 is 5.97 Å². The van der Waals surface area contributed by atoms with Crippen LogP contribution in [0.25, 0.3) is 0 Å². The number of aromatic nitrogens is 1. The van der Waals surface area contributed by atoms with Crippen LogP contribution in [0.5, 0.6) is 0 Å². The van der Waals surface area contributed by atoms with E-state index in [-0.39, 0.29) is 6.42 Å². The maximum atomic E-state index is 10.5. The highest BCUT2D eigenvalue weighted by molar-refractivity contribution is 7.99. The van der Waals surface area contributed by atoms with Gasteiger partial charge in [-0.3, -0.25) is 4.79 Å². The predicted octanol–water partition coefficient (Wildman–Crippen LogP) is 1.99. The molecular weight excluding hydrogens is 226 g/mol. The maximum absolute atomic E-state index is 10.5. The van der Waals surface area contributed by atoms with E-state index in [2.05, 4.69) is 4.98 Å². The van der Waals surface area contributed by atoms with Crippen LogP contribution >= 0.6 is 11.8 Å². The molecule has 0 aliphatic carbocycles. The summed E-state index contributed by atoms with van der Waals surface area (Å²) in [5.74, 6) is 2.87. The summed E-state index contributed by atoms with van der Waals surface area (Å²) in [5, 5.41) is 8.61. The number of hydrogen-bond acceptors (Lipinski definition) is 4. The minimum Gasteiger partial charge on any atom is -0.481 e. The summed E-state index contributed by atoms with van der Waals surface area (Å²) in [4.78, 5) is 14.7. The van der Waals surface area contributed by atoms with E-state index in [1.165, 1.54) is 24.9 Å². The van der Waals surface area contributed by atoms with E-state index in [0.717, 1.165) is 12.2 Å². The SMILES string of the molecule is O=C(O)Cc1coc(CC2CCCSC2)n1. The molecule has 0 aromatic carbocycles. The highest BCUT2D eigenvalue weighted by Crippen LogP contribution is 2.25. The largest absolute Gasteiger partial charge is 0.481 e. The van der Waals surface area contributed by atoms with Gasteiger partial charge in [0.25, 0.3) is 0 Å². The van der Waals surface area contributed by atoms with Gasteiger partial charge in [-0.25, -0.2) is 4.98 Å². The van der Waals surface area contributed by atoms with Gasteiger partial charge in [0, 0.05) is 6.42 Å². The third kappa shape index (κ3) is 3.27. The lowest BCUT2D eigenvalue weighted by molar-refractivity contribution is -0.136. The summed E-state index contributed by atoms with van der Waals surface area (Å²) in [6, 6.07) is 0. The summed E-state index contributed by atoms with van der Waals surface area (Å²) < 4.78 is 5.28. The summed E-state index contributed by atoms with van der Waals surface area (Å²) in [6.45, 7) is 0. The molecule has 1 atom stereocenters. The summed E-state index contributed by atoms with van der Waals surface area (Å²) >= 11 is 1.98. The van der Waals surface area contributed by atoms with Gasteiger partial charge < -0.3 is 9.52 Å². The highest BCUT2D eigenvalue weighted by Gasteiger charge is 2.17. The molecule has 88 valence electrons. The molecule has 0 radical (unpaired) electrons. The first-order valence-electron chi connectivity index (χ1n) is 5.47. The van der Waals surface area contributed by atoms with Gasteiger partial charge in [0.1, 0.15) is 6.26 Å². The Labute approximate surface area is 98.4 Å². The molecule has 4 nitrogen and oxygen atoms in total. The average molecular weight is 241 g/mol. The number of carboxylic acid groups (broad SMARTS) is 1. The molecule has 1 aliphatic rings. The molecule has 2 rings (SSSR count). The first-order valence-corrected chi connectivity index (χ1v) is 6.62. The van der Waals surface area contributed by atoms with Crippen LogP contribution in [0.1, 0.15) is 24.4 Å². The second kappa shape index (κ2) is 5.39. The van der Waals surface area contributed by atoms with E-state index < -0.39 is 5.97 Å². The minimum absolute atomic E-state index is 0.0527. The lowest BCUT2D eigenvalue weighted by atomic mass is 10.0. The van der Waals surface area contributed by atoms with Crippen LogP contribution in [0.3, 0.4) is 0 Å². The van der Waals surface area contributed by atoms with Gasteiger partial charge in [0.15, 0.2) is 5.89 Å². The van der Waals surface area contributed by atoms with Gasteiger partial charge in [-0.1, -0.05) is 0 Å². The highest BCUT2D eigenvalue weighted by atomic mass is 32.2. The second-order valence-electron chi connectivity index (χ2n) is 4.09. The zero-order valence-corrected chi connectivity index (χ0v) is 9.83.